The molecule has 6 heteroatoms. The molecule has 1 aliphatic carbocycles. The Balaban J connectivity index is 2.54. The maximum Gasteiger partial charge on any atom is 0.248 e. The first-order valence-electron chi connectivity index (χ1n) is 8.85. The van der Waals surface area contributed by atoms with Crippen LogP contribution in [0.25, 0.3) is 0 Å². The molecule has 0 aliphatic heterocycles. The summed E-state index contributed by atoms with van der Waals surface area (Å²) >= 11 is 5.71. The lowest BCUT2D eigenvalue weighted by Crippen LogP contribution is -2.31. The van der Waals surface area contributed by atoms with Crippen molar-refractivity contribution in [2.45, 2.75) is 53.4 Å². The summed E-state index contributed by atoms with van der Waals surface area (Å²) in [4.78, 5) is 35.6. The average Bonchev–Trinajstić information content (AvgIpc) is 2.57. The van der Waals surface area contributed by atoms with Gasteiger partial charge in [-0.05, 0) is 53.4 Å². The topological polar surface area (TPSA) is 89.3 Å². The number of nitrogens with one attached hydrogen (secondary N) is 1. The van der Waals surface area contributed by atoms with Crippen molar-refractivity contribution in [1.82, 2.24) is 5.32 Å². The van der Waals surface area contributed by atoms with E-state index in [1.165, 1.54) is 17.2 Å². The first kappa shape index (κ1) is 22.6. The van der Waals surface area contributed by atoms with Gasteiger partial charge in [0.25, 0.3) is 0 Å². The monoisotopic (exact) mass is 390 g/mol. The van der Waals surface area contributed by atoms with Crippen LogP contribution in [0.5, 0.6) is 0 Å². The minimum Gasteiger partial charge on any atom is -0.394 e. The van der Waals surface area contributed by atoms with Crippen LogP contribution in [0.15, 0.2) is 57.4 Å². The molecule has 5 nitrogen and oxygen atoms in total. The van der Waals surface area contributed by atoms with E-state index in [9.17, 15) is 14.4 Å². The van der Waals surface area contributed by atoms with Crippen LogP contribution in [0.2, 0.25) is 0 Å². The third-order valence-electron chi connectivity index (χ3n) is 3.98. The van der Waals surface area contributed by atoms with E-state index in [2.05, 4.69) is 38.2 Å². The number of Topliss-reactive ketones (excluding diaryl/α,β-unsaturated/α-hetero) is 1. The molecule has 146 valence electrons. The van der Waals surface area contributed by atoms with Crippen molar-refractivity contribution in [3.8, 4) is 0 Å². The van der Waals surface area contributed by atoms with Crippen molar-refractivity contribution < 1.29 is 14.4 Å². The normalized spacial score (nSPS) is 15.7. The minimum atomic E-state index is -0.664. The molecule has 0 saturated heterocycles. The summed E-state index contributed by atoms with van der Waals surface area (Å²) in [6, 6.07) is 0. The van der Waals surface area contributed by atoms with Gasteiger partial charge >= 0.3 is 0 Å². The van der Waals surface area contributed by atoms with Crippen LogP contribution in [0, 0.1) is 0 Å². The Bertz CT molecular complexity index is 779. The molecular formula is C21H27ClN2O3. The van der Waals surface area contributed by atoms with Crippen LogP contribution in [-0.4, -0.2) is 17.5 Å². The second kappa shape index (κ2) is 10.7. The lowest BCUT2D eigenvalue weighted by Gasteiger charge is -2.12. The van der Waals surface area contributed by atoms with Gasteiger partial charge in [0.2, 0.25) is 17.5 Å². The van der Waals surface area contributed by atoms with Crippen LogP contribution in [0.1, 0.15) is 53.4 Å². The van der Waals surface area contributed by atoms with Crippen molar-refractivity contribution in [3.63, 3.8) is 0 Å². The number of nitrogens with two attached hydrogens (primary N) is 1. The molecule has 0 fully saturated rings. The van der Waals surface area contributed by atoms with Crippen LogP contribution < -0.4 is 11.1 Å². The van der Waals surface area contributed by atoms with Crippen molar-refractivity contribution in [3.05, 3.63) is 57.4 Å². The molecule has 0 spiro atoms. The van der Waals surface area contributed by atoms with E-state index in [4.69, 9.17) is 17.3 Å². The fourth-order valence-electron chi connectivity index (χ4n) is 2.42. The summed E-state index contributed by atoms with van der Waals surface area (Å²) in [6.07, 6.45) is 10.4. The predicted octanol–water partition coefficient (Wildman–Crippen LogP) is 3.97. The van der Waals surface area contributed by atoms with E-state index >= 15 is 0 Å². The number of hydrogen-bond acceptors (Lipinski definition) is 4. The Morgan fingerprint density at radius 1 is 1.07 bits per heavy atom. The van der Waals surface area contributed by atoms with E-state index < -0.39 is 17.5 Å². The molecule has 0 aromatic rings. The molecule has 0 aromatic carbocycles. The quantitative estimate of drug-likeness (QED) is 0.373. The summed E-state index contributed by atoms with van der Waals surface area (Å²) in [7, 11) is 0. The molecule has 0 aromatic heterocycles. The summed E-state index contributed by atoms with van der Waals surface area (Å²) in [5.41, 5.74) is 8.45. The highest BCUT2D eigenvalue weighted by Gasteiger charge is 2.26. The Hall–Kier alpha value is -2.40. The van der Waals surface area contributed by atoms with Crippen LogP contribution >= 0.6 is 11.6 Å². The highest BCUT2D eigenvalue weighted by molar-refractivity contribution is 6.49. The Morgan fingerprint density at radius 3 is 2.30 bits per heavy atom. The number of carbonyl (C=O) groups excluding carboxylic acids is 3. The number of ketones is 2. The standard InChI is InChI=1S/C21H27ClN2O3/c1-13(2)7-5-8-14(3)9-6-10-15(4)11-18(26)24-16-12-17(25)20(23)19(22)21(16)27/h7,9,11-12H,5-6,8,10,23H2,1-4H3,(H,24,26). The van der Waals surface area contributed by atoms with Gasteiger partial charge in [-0.2, -0.15) is 0 Å². The van der Waals surface area contributed by atoms with Crippen LogP contribution in [0.4, 0.5) is 0 Å². The number of carbonyl (C=O) groups is 3. The van der Waals surface area contributed by atoms with E-state index in [0.29, 0.717) is 0 Å². The van der Waals surface area contributed by atoms with Crippen molar-refractivity contribution in [2.75, 3.05) is 0 Å². The molecule has 3 N–H and O–H groups in total. The summed E-state index contributed by atoms with van der Waals surface area (Å²) < 4.78 is 0. The van der Waals surface area contributed by atoms with Gasteiger partial charge in [-0.25, -0.2) is 0 Å². The number of hydrogen-bond donors (Lipinski definition) is 2. The Morgan fingerprint density at radius 2 is 1.67 bits per heavy atom. The first-order valence-corrected chi connectivity index (χ1v) is 9.22. The molecule has 0 bridgehead atoms. The SMILES string of the molecule is CC(C)=CCCC(C)=CCCC(C)=CC(=O)NC1=CC(=O)C(N)=C(Cl)C1=O. The first-order chi connectivity index (χ1) is 12.6. The molecule has 0 atom stereocenters. The van der Waals surface area contributed by atoms with E-state index in [1.54, 1.807) is 0 Å². The summed E-state index contributed by atoms with van der Waals surface area (Å²) in [6.45, 7) is 8.12. The largest absolute Gasteiger partial charge is 0.394 e. The highest BCUT2D eigenvalue weighted by atomic mass is 35.5. The van der Waals surface area contributed by atoms with E-state index in [1.807, 2.05) is 6.92 Å². The average molecular weight is 391 g/mol. The Kier molecular flexibility index (Phi) is 8.95. The number of rotatable bonds is 8. The molecule has 27 heavy (non-hydrogen) atoms. The second-order valence-electron chi connectivity index (χ2n) is 6.87. The fraction of sp³-hybridized carbons (Fsp3) is 0.381. The Labute approximate surface area is 165 Å². The van der Waals surface area contributed by atoms with Gasteiger partial charge in [-0.1, -0.05) is 40.5 Å². The van der Waals surface area contributed by atoms with Crippen LogP contribution in [0.3, 0.4) is 0 Å². The molecule has 0 saturated carbocycles. The molecule has 1 rings (SSSR count). The number of amides is 1. The number of halogens is 1. The maximum absolute atomic E-state index is 12.1. The fourth-order valence-corrected chi connectivity index (χ4v) is 2.61. The highest BCUT2D eigenvalue weighted by Crippen LogP contribution is 2.18. The van der Waals surface area contributed by atoms with Crippen molar-refractivity contribution in [2.24, 2.45) is 5.73 Å². The molecular weight excluding hydrogens is 364 g/mol. The molecule has 0 heterocycles. The van der Waals surface area contributed by atoms with Crippen molar-refractivity contribution in [1.29, 1.82) is 0 Å². The smallest absolute Gasteiger partial charge is 0.248 e. The molecule has 0 radical (unpaired) electrons. The minimum absolute atomic E-state index is 0.164. The van der Waals surface area contributed by atoms with Gasteiger partial charge in [0, 0.05) is 12.2 Å². The third kappa shape index (κ3) is 7.79. The van der Waals surface area contributed by atoms with Gasteiger partial charge in [-0.15, -0.1) is 0 Å². The predicted molar refractivity (Wildman–Crippen MR) is 109 cm³/mol. The zero-order chi connectivity index (χ0) is 20.6. The van der Waals surface area contributed by atoms with Gasteiger partial charge in [0.1, 0.15) is 10.7 Å². The van der Waals surface area contributed by atoms with Crippen molar-refractivity contribution >= 4 is 29.1 Å². The van der Waals surface area contributed by atoms with Gasteiger partial charge in [0.05, 0.1) is 5.70 Å². The van der Waals surface area contributed by atoms with Gasteiger partial charge < -0.3 is 11.1 Å². The zero-order valence-corrected chi connectivity index (χ0v) is 17.1. The third-order valence-corrected chi connectivity index (χ3v) is 4.35. The lowest BCUT2D eigenvalue weighted by atomic mass is 10.1. The van der Waals surface area contributed by atoms with E-state index in [-0.39, 0.29) is 16.4 Å². The van der Waals surface area contributed by atoms with Crippen LogP contribution in [-0.2, 0) is 14.4 Å². The number of allylic oxidation sites excluding steroid dienone is 7. The van der Waals surface area contributed by atoms with Gasteiger partial charge in [0.15, 0.2) is 0 Å². The molecule has 1 aliphatic rings. The molecule has 1 amide bonds. The van der Waals surface area contributed by atoms with Gasteiger partial charge in [-0.3, -0.25) is 14.4 Å². The second-order valence-corrected chi connectivity index (χ2v) is 7.25. The maximum atomic E-state index is 12.1. The summed E-state index contributed by atoms with van der Waals surface area (Å²) in [5, 5.41) is 2.03. The summed E-state index contributed by atoms with van der Waals surface area (Å²) in [5.74, 6) is -1.73. The molecule has 0 unspecified atom stereocenters. The lowest BCUT2D eigenvalue weighted by molar-refractivity contribution is -0.119. The zero-order valence-electron chi connectivity index (χ0n) is 16.3. The van der Waals surface area contributed by atoms with E-state index in [0.717, 1.165) is 37.3 Å².